The second kappa shape index (κ2) is 4.28. The highest BCUT2D eigenvalue weighted by atomic mass is 35.5. The second-order valence-corrected chi connectivity index (χ2v) is 2.63. The van der Waals surface area contributed by atoms with Gasteiger partial charge in [-0.25, -0.2) is 4.98 Å². The molecule has 0 aliphatic carbocycles. The van der Waals surface area contributed by atoms with Gasteiger partial charge in [0.25, 0.3) is 0 Å². The Morgan fingerprint density at radius 3 is 2.92 bits per heavy atom. The van der Waals surface area contributed by atoms with Gasteiger partial charge in [-0.15, -0.1) is 0 Å². The van der Waals surface area contributed by atoms with Crippen LogP contribution >= 0.6 is 11.6 Å². The molecular formula is C8H10ClNO2. The van der Waals surface area contributed by atoms with Crippen molar-refractivity contribution in [2.75, 3.05) is 6.61 Å². The van der Waals surface area contributed by atoms with Gasteiger partial charge >= 0.3 is 0 Å². The lowest BCUT2D eigenvalue weighted by Gasteiger charge is -2.04. The lowest BCUT2D eigenvalue weighted by molar-refractivity contribution is 0.280. The minimum absolute atomic E-state index is 0.0564. The van der Waals surface area contributed by atoms with Crippen molar-refractivity contribution in [2.24, 2.45) is 0 Å². The smallest absolute Gasteiger partial charge is 0.232 e. The Morgan fingerprint density at radius 2 is 2.42 bits per heavy atom. The van der Waals surface area contributed by atoms with Crippen molar-refractivity contribution in [3.05, 3.63) is 22.8 Å². The Balaban J connectivity index is 2.87. The van der Waals surface area contributed by atoms with E-state index in [2.05, 4.69) is 4.98 Å². The SMILES string of the molecule is CCOc1ncc(CO)cc1Cl. The third-order valence-corrected chi connectivity index (χ3v) is 1.60. The monoisotopic (exact) mass is 187 g/mol. The first-order valence-corrected chi connectivity index (χ1v) is 4.03. The predicted octanol–water partition coefficient (Wildman–Crippen LogP) is 1.63. The molecule has 0 aliphatic heterocycles. The van der Waals surface area contributed by atoms with Gasteiger partial charge in [0.15, 0.2) is 0 Å². The molecule has 1 aromatic heterocycles. The third kappa shape index (κ3) is 2.09. The molecule has 12 heavy (non-hydrogen) atoms. The molecule has 66 valence electrons. The molecule has 0 aromatic carbocycles. The fourth-order valence-electron chi connectivity index (χ4n) is 0.794. The van der Waals surface area contributed by atoms with Gasteiger partial charge in [0, 0.05) is 6.20 Å². The molecule has 4 heteroatoms. The number of halogens is 1. The first-order chi connectivity index (χ1) is 5.77. The Labute approximate surface area is 76.0 Å². The van der Waals surface area contributed by atoms with Gasteiger partial charge < -0.3 is 9.84 Å². The van der Waals surface area contributed by atoms with E-state index < -0.39 is 0 Å². The number of aromatic nitrogens is 1. The largest absolute Gasteiger partial charge is 0.477 e. The number of aliphatic hydroxyl groups excluding tert-OH is 1. The average molecular weight is 188 g/mol. The molecule has 0 spiro atoms. The topological polar surface area (TPSA) is 42.4 Å². The molecule has 0 saturated carbocycles. The zero-order valence-corrected chi connectivity index (χ0v) is 7.51. The molecule has 1 rings (SSSR count). The van der Waals surface area contributed by atoms with Gasteiger partial charge in [-0.2, -0.15) is 0 Å². The van der Waals surface area contributed by atoms with Crippen LogP contribution < -0.4 is 4.74 Å². The van der Waals surface area contributed by atoms with E-state index in [9.17, 15) is 0 Å². The maximum absolute atomic E-state index is 8.74. The van der Waals surface area contributed by atoms with E-state index in [1.165, 1.54) is 6.20 Å². The number of ether oxygens (including phenoxy) is 1. The van der Waals surface area contributed by atoms with E-state index in [4.69, 9.17) is 21.4 Å². The van der Waals surface area contributed by atoms with Crippen LogP contribution in [0.4, 0.5) is 0 Å². The number of hydrogen-bond donors (Lipinski definition) is 1. The van der Waals surface area contributed by atoms with Gasteiger partial charge in [-0.3, -0.25) is 0 Å². The molecule has 1 N–H and O–H groups in total. The number of rotatable bonds is 3. The number of pyridine rings is 1. The lowest BCUT2D eigenvalue weighted by atomic mass is 10.3. The summed E-state index contributed by atoms with van der Waals surface area (Å²) in [5, 5.41) is 9.18. The molecule has 1 heterocycles. The van der Waals surface area contributed by atoms with Gasteiger partial charge in [0.1, 0.15) is 5.02 Å². The van der Waals surface area contributed by atoms with E-state index in [1.54, 1.807) is 6.07 Å². The molecule has 0 atom stereocenters. The highest BCUT2D eigenvalue weighted by molar-refractivity contribution is 6.31. The second-order valence-electron chi connectivity index (χ2n) is 2.22. The molecule has 0 bridgehead atoms. The summed E-state index contributed by atoms with van der Waals surface area (Å²) in [4.78, 5) is 3.92. The highest BCUT2D eigenvalue weighted by Crippen LogP contribution is 2.21. The number of aliphatic hydroxyl groups is 1. The van der Waals surface area contributed by atoms with Crippen molar-refractivity contribution in [3.63, 3.8) is 0 Å². The summed E-state index contributed by atoms with van der Waals surface area (Å²) in [6, 6.07) is 1.64. The van der Waals surface area contributed by atoms with Crippen LogP contribution in [0.15, 0.2) is 12.3 Å². The fraction of sp³-hybridized carbons (Fsp3) is 0.375. The Hall–Kier alpha value is -0.800. The minimum atomic E-state index is -0.0564. The third-order valence-electron chi connectivity index (χ3n) is 1.33. The minimum Gasteiger partial charge on any atom is -0.477 e. The van der Waals surface area contributed by atoms with Gasteiger partial charge in [-0.1, -0.05) is 11.6 Å². The van der Waals surface area contributed by atoms with Crippen LogP contribution in [0.1, 0.15) is 12.5 Å². The molecule has 0 radical (unpaired) electrons. The van der Waals surface area contributed by atoms with Crippen LogP contribution in [0.3, 0.4) is 0 Å². The summed E-state index contributed by atoms with van der Waals surface area (Å²) in [7, 11) is 0. The fourth-order valence-corrected chi connectivity index (χ4v) is 1.04. The number of hydrogen-bond acceptors (Lipinski definition) is 3. The molecule has 0 aliphatic rings. The van der Waals surface area contributed by atoms with Gasteiger partial charge in [0.2, 0.25) is 5.88 Å². The van der Waals surface area contributed by atoms with E-state index in [-0.39, 0.29) is 6.61 Å². The molecule has 0 saturated heterocycles. The number of nitrogens with zero attached hydrogens (tertiary/aromatic N) is 1. The van der Waals surface area contributed by atoms with Crippen LogP contribution in [0.25, 0.3) is 0 Å². The predicted molar refractivity (Wildman–Crippen MR) is 46.3 cm³/mol. The summed E-state index contributed by atoms with van der Waals surface area (Å²) in [5.41, 5.74) is 0.684. The van der Waals surface area contributed by atoms with Gasteiger partial charge in [-0.05, 0) is 18.6 Å². The van der Waals surface area contributed by atoms with Gasteiger partial charge in [0.05, 0.1) is 13.2 Å². The van der Waals surface area contributed by atoms with Crippen LogP contribution in [0.5, 0.6) is 5.88 Å². The summed E-state index contributed by atoms with van der Waals surface area (Å²) in [6.07, 6.45) is 1.54. The molecular weight excluding hydrogens is 178 g/mol. The Kier molecular flexibility index (Phi) is 3.31. The van der Waals surface area contributed by atoms with Crippen LogP contribution in [0, 0.1) is 0 Å². The summed E-state index contributed by atoms with van der Waals surface area (Å²) in [5.74, 6) is 0.413. The van der Waals surface area contributed by atoms with Crippen molar-refractivity contribution in [1.82, 2.24) is 4.98 Å². The maximum Gasteiger partial charge on any atom is 0.232 e. The van der Waals surface area contributed by atoms with E-state index in [1.807, 2.05) is 6.92 Å². The normalized spacial score (nSPS) is 9.92. The standard InChI is InChI=1S/C8H10ClNO2/c1-2-12-8-7(9)3-6(5-11)4-10-8/h3-4,11H,2,5H2,1H3. The Morgan fingerprint density at radius 1 is 1.67 bits per heavy atom. The maximum atomic E-state index is 8.74. The van der Waals surface area contributed by atoms with Crippen molar-refractivity contribution < 1.29 is 9.84 Å². The zero-order valence-electron chi connectivity index (χ0n) is 6.75. The van der Waals surface area contributed by atoms with Crippen LogP contribution in [0.2, 0.25) is 5.02 Å². The molecule has 0 fully saturated rings. The van der Waals surface area contributed by atoms with Crippen molar-refractivity contribution >= 4 is 11.6 Å². The average Bonchev–Trinajstić information content (AvgIpc) is 2.09. The molecule has 0 unspecified atom stereocenters. The van der Waals surface area contributed by atoms with Crippen molar-refractivity contribution in [2.45, 2.75) is 13.5 Å². The summed E-state index contributed by atoms with van der Waals surface area (Å²) in [6.45, 7) is 2.34. The van der Waals surface area contributed by atoms with Crippen LogP contribution in [-0.2, 0) is 6.61 Å². The quantitative estimate of drug-likeness (QED) is 0.782. The molecule has 0 amide bonds. The molecule has 3 nitrogen and oxygen atoms in total. The first-order valence-electron chi connectivity index (χ1n) is 3.66. The molecule has 1 aromatic rings. The van der Waals surface area contributed by atoms with E-state index >= 15 is 0 Å². The first kappa shape index (κ1) is 9.29. The van der Waals surface area contributed by atoms with Crippen LogP contribution in [-0.4, -0.2) is 16.7 Å². The lowest BCUT2D eigenvalue weighted by Crippen LogP contribution is -1.96. The summed E-state index contributed by atoms with van der Waals surface area (Å²) >= 11 is 5.79. The van der Waals surface area contributed by atoms with E-state index in [0.717, 1.165) is 0 Å². The van der Waals surface area contributed by atoms with E-state index in [0.29, 0.717) is 23.1 Å². The van der Waals surface area contributed by atoms with Crippen molar-refractivity contribution in [3.8, 4) is 5.88 Å². The Bertz CT molecular complexity index is 265. The van der Waals surface area contributed by atoms with Crippen molar-refractivity contribution in [1.29, 1.82) is 0 Å². The zero-order chi connectivity index (χ0) is 8.97. The highest BCUT2D eigenvalue weighted by Gasteiger charge is 2.02. The summed E-state index contributed by atoms with van der Waals surface area (Å²) < 4.78 is 5.11.